The molecule has 28 heavy (non-hydrogen) atoms. The second kappa shape index (κ2) is 8.18. The predicted molar refractivity (Wildman–Crippen MR) is 113 cm³/mol. The van der Waals surface area contributed by atoms with Gasteiger partial charge in [-0.25, -0.2) is 17.7 Å². The second-order valence-corrected chi connectivity index (χ2v) is 10.4. The minimum absolute atomic E-state index is 0.0989. The van der Waals surface area contributed by atoms with Crippen molar-refractivity contribution < 1.29 is 13.2 Å². The Hall–Kier alpha value is -1.97. The number of thiazole rings is 1. The molecule has 152 valence electrons. The highest BCUT2D eigenvalue weighted by atomic mass is 32.2. The maximum atomic E-state index is 13.0. The topological polar surface area (TPSA) is 82.6 Å². The molecule has 1 N–H and O–H groups in total. The van der Waals surface area contributed by atoms with Crippen LogP contribution in [0.4, 0.5) is 10.8 Å². The summed E-state index contributed by atoms with van der Waals surface area (Å²) in [4.78, 5) is 20.5. The Bertz CT molecular complexity index is 965. The number of carbonyl (C=O) groups is 1. The molecule has 1 aliphatic carbocycles. The zero-order valence-corrected chi connectivity index (χ0v) is 18.2. The lowest BCUT2D eigenvalue weighted by Gasteiger charge is -2.37. The van der Waals surface area contributed by atoms with Gasteiger partial charge in [-0.1, -0.05) is 6.92 Å². The zero-order chi connectivity index (χ0) is 20.5. The summed E-state index contributed by atoms with van der Waals surface area (Å²) in [6.07, 6.45) is 5.90. The highest BCUT2D eigenvalue weighted by Gasteiger charge is 2.27. The number of hydrogen-bond donors (Lipinski definition) is 1. The van der Waals surface area contributed by atoms with Gasteiger partial charge in [-0.05, 0) is 43.9 Å². The summed E-state index contributed by atoms with van der Waals surface area (Å²) in [6.45, 7) is 2.03. The number of rotatable bonds is 7. The molecule has 0 saturated heterocycles. The molecule has 0 unspecified atom stereocenters. The molecule has 7 nitrogen and oxygen atoms in total. The van der Waals surface area contributed by atoms with Crippen LogP contribution in [0.3, 0.4) is 0 Å². The molecule has 1 amide bonds. The summed E-state index contributed by atoms with van der Waals surface area (Å²) in [7, 11) is 1.27. The molecule has 9 heteroatoms. The van der Waals surface area contributed by atoms with Gasteiger partial charge in [0.2, 0.25) is 10.0 Å². The average Bonchev–Trinajstić information content (AvgIpc) is 3.07. The monoisotopic (exact) mass is 422 g/mol. The molecule has 3 rings (SSSR count). The number of benzene rings is 1. The molecule has 1 heterocycles. The zero-order valence-electron chi connectivity index (χ0n) is 16.6. The highest BCUT2D eigenvalue weighted by molar-refractivity contribution is 7.89. The number of carbonyl (C=O) groups excluding carboxylic acids is 1. The van der Waals surface area contributed by atoms with E-state index in [2.05, 4.69) is 15.2 Å². The van der Waals surface area contributed by atoms with Crippen molar-refractivity contribution in [2.24, 2.45) is 0 Å². The number of nitrogens with one attached hydrogen (secondary N) is 1. The fourth-order valence-corrected chi connectivity index (χ4v) is 4.72. The van der Waals surface area contributed by atoms with Crippen molar-refractivity contribution in [3.63, 3.8) is 0 Å². The number of hydrogen-bond acceptors (Lipinski definition) is 6. The fourth-order valence-electron chi connectivity index (χ4n) is 3.04. The Labute approximate surface area is 170 Å². The molecule has 0 atom stereocenters. The Morgan fingerprint density at radius 1 is 1.29 bits per heavy atom. The molecule has 1 saturated carbocycles. The molecule has 0 aliphatic heterocycles. The molecule has 1 aromatic carbocycles. The minimum Gasteiger partial charge on any atom is -0.371 e. The van der Waals surface area contributed by atoms with Gasteiger partial charge in [0.15, 0.2) is 5.13 Å². The Balaban J connectivity index is 1.99. The van der Waals surface area contributed by atoms with E-state index in [1.54, 1.807) is 18.3 Å². The average molecular weight is 423 g/mol. The molecule has 1 fully saturated rings. The first-order chi connectivity index (χ1) is 13.2. The first kappa shape index (κ1) is 20.8. The Morgan fingerprint density at radius 3 is 2.54 bits per heavy atom. The van der Waals surface area contributed by atoms with Crippen molar-refractivity contribution in [3.05, 3.63) is 34.8 Å². The lowest BCUT2D eigenvalue weighted by Crippen LogP contribution is -2.38. The van der Waals surface area contributed by atoms with Crippen molar-refractivity contribution in [1.82, 2.24) is 9.29 Å². The number of sulfonamides is 1. The van der Waals surface area contributed by atoms with E-state index in [1.807, 2.05) is 14.0 Å². The van der Waals surface area contributed by atoms with Crippen molar-refractivity contribution in [2.75, 3.05) is 31.4 Å². The largest absolute Gasteiger partial charge is 0.371 e. The van der Waals surface area contributed by atoms with Gasteiger partial charge in [0.25, 0.3) is 5.91 Å². The Kier molecular flexibility index (Phi) is 6.07. The predicted octanol–water partition coefficient (Wildman–Crippen LogP) is 3.20. The van der Waals surface area contributed by atoms with Gasteiger partial charge in [-0.15, -0.1) is 11.3 Å². The van der Waals surface area contributed by atoms with Crippen molar-refractivity contribution in [1.29, 1.82) is 0 Å². The third-order valence-corrected chi connectivity index (χ3v) is 7.98. The first-order valence-corrected chi connectivity index (χ1v) is 11.5. The molecule has 2 aromatic rings. The number of aromatic nitrogens is 1. The molecule has 0 bridgehead atoms. The third kappa shape index (κ3) is 4.06. The van der Waals surface area contributed by atoms with E-state index in [4.69, 9.17) is 0 Å². The summed E-state index contributed by atoms with van der Waals surface area (Å²) in [5, 5.41) is 3.34. The SMILES string of the molecule is CCc1cnc(NC(=O)c2cc(S(=O)(=O)N(C)C)ccc2N(C)C2CCC2)s1. The second-order valence-electron chi connectivity index (χ2n) is 7.10. The van der Waals surface area contributed by atoms with E-state index < -0.39 is 10.0 Å². The summed E-state index contributed by atoms with van der Waals surface area (Å²) in [5.74, 6) is -0.353. The van der Waals surface area contributed by atoms with Crippen LogP contribution >= 0.6 is 11.3 Å². The first-order valence-electron chi connectivity index (χ1n) is 9.29. The van der Waals surface area contributed by atoms with Gasteiger partial charge < -0.3 is 4.90 Å². The van der Waals surface area contributed by atoms with Gasteiger partial charge in [0, 0.05) is 43.9 Å². The summed E-state index contributed by atoms with van der Waals surface area (Å²) in [5.41, 5.74) is 1.07. The Morgan fingerprint density at radius 2 is 2.00 bits per heavy atom. The molecule has 1 aromatic heterocycles. The van der Waals surface area contributed by atoms with Gasteiger partial charge in [-0.2, -0.15) is 0 Å². The van der Waals surface area contributed by atoms with Gasteiger partial charge in [0.1, 0.15) is 0 Å². The number of nitrogens with zero attached hydrogens (tertiary/aromatic N) is 3. The van der Waals surface area contributed by atoms with E-state index in [-0.39, 0.29) is 10.8 Å². The van der Waals surface area contributed by atoms with Crippen LogP contribution in [0.2, 0.25) is 0 Å². The van der Waals surface area contributed by atoms with Crippen LogP contribution in [0.5, 0.6) is 0 Å². The molecular formula is C19H26N4O3S2. The standard InChI is InChI=1S/C19H26N4O3S2/c1-5-14-12-20-19(27-14)21-18(24)16-11-15(28(25,26)22(2)3)9-10-17(16)23(4)13-7-6-8-13/h9-13H,5-8H2,1-4H3,(H,20,21,24). The van der Waals surface area contributed by atoms with Crippen LogP contribution in [-0.2, 0) is 16.4 Å². The highest BCUT2D eigenvalue weighted by Crippen LogP contribution is 2.32. The molecule has 1 aliphatic rings. The lowest BCUT2D eigenvalue weighted by molar-refractivity contribution is 0.102. The smallest absolute Gasteiger partial charge is 0.259 e. The quantitative estimate of drug-likeness (QED) is 0.741. The van der Waals surface area contributed by atoms with Crippen LogP contribution in [0, 0.1) is 0 Å². The van der Waals surface area contributed by atoms with E-state index in [0.29, 0.717) is 16.7 Å². The minimum atomic E-state index is -3.64. The van der Waals surface area contributed by atoms with Crippen LogP contribution in [0.1, 0.15) is 41.4 Å². The van der Waals surface area contributed by atoms with E-state index in [1.165, 1.54) is 37.9 Å². The van der Waals surface area contributed by atoms with Crippen LogP contribution < -0.4 is 10.2 Å². The van der Waals surface area contributed by atoms with Gasteiger partial charge in [0.05, 0.1) is 10.5 Å². The lowest BCUT2D eigenvalue weighted by atomic mass is 9.91. The van der Waals surface area contributed by atoms with E-state index >= 15 is 0 Å². The van der Waals surface area contributed by atoms with Gasteiger partial charge in [-0.3, -0.25) is 10.1 Å². The van der Waals surface area contributed by atoms with Crippen molar-refractivity contribution in [3.8, 4) is 0 Å². The van der Waals surface area contributed by atoms with E-state index in [9.17, 15) is 13.2 Å². The van der Waals surface area contributed by atoms with E-state index in [0.717, 1.165) is 34.1 Å². The maximum Gasteiger partial charge on any atom is 0.259 e. The van der Waals surface area contributed by atoms with Crippen molar-refractivity contribution in [2.45, 2.75) is 43.5 Å². The van der Waals surface area contributed by atoms with Crippen LogP contribution in [0.25, 0.3) is 0 Å². The van der Waals surface area contributed by atoms with Crippen LogP contribution in [-0.4, -0.2) is 50.8 Å². The summed E-state index contributed by atoms with van der Waals surface area (Å²) >= 11 is 1.42. The van der Waals surface area contributed by atoms with Gasteiger partial charge >= 0.3 is 0 Å². The summed E-state index contributed by atoms with van der Waals surface area (Å²) < 4.78 is 26.3. The molecular weight excluding hydrogens is 396 g/mol. The van der Waals surface area contributed by atoms with Crippen molar-refractivity contribution >= 4 is 38.1 Å². The maximum absolute atomic E-state index is 13.0. The molecule has 0 spiro atoms. The fraction of sp³-hybridized carbons (Fsp3) is 0.474. The third-order valence-electron chi connectivity index (χ3n) is 5.12. The molecule has 0 radical (unpaired) electrons. The number of amides is 1. The summed E-state index contributed by atoms with van der Waals surface area (Å²) in [6, 6.07) is 5.12. The van der Waals surface area contributed by atoms with Crippen LogP contribution in [0.15, 0.2) is 29.3 Å². The number of aryl methyl sites for hydroxylation is 1. The number of anilines is 2. The normalized spacial score (nSPS) is 14.8.